The second-order valence-corrected chi connectivity index (χ2v) is 6.03. The fourth-order valence-corrected chi connectivity index (χ4v) is 3.42. The van der Waals surface area contributed by atoms with Crippen LogP contribution in [0, 0.1) is 0 Å². The summed E-state index contributed by atoms with van der Waals surface area (Å²) in [5.74, 6) is 0.0228. The molecule has 3 rings (SSSR count). The molecule has 19 heavy (non-hydrogen) atoms. The molecular formula is C15H17ClFNO. The Balaban J connectivity index is 1.85. The van der Waals surface area contributed by atoms with Crippen molar-refractivity contribution in [2.24, 2.45) is 0 Å². The Labute approximate surface area is 117 Å². The summed E-state index contributed by atoms with van der Waals surface area (Å²) in [7, 11) is 0. The highest BCUT2D eigenvalue weighted by Gasteiger charge is 2.38. The van der Waals surface area contributed by atoms with E-state index in [1.807, 2.05) is 25.1 Å². The first-order valence-electron chi connectivity index (χ1n) is 6.75. The van der Waals surface area contributed by atoms with Crippen molar-refractivity contribution >= 4 is 17.4 Å². The lowest BCUT2D eigenvalue weighted by Crippen LogP contribution is -2.29. The van der Waals surface area contributed by atoms with E-state index in [9.17, 15) is 9.18 Å². The number of fused-ring (bicyclic) bond motifs is 1. The van der Waals surface area contributed by atoms with Crippen molar-refractivity contribution in [1.29, 1.82) is 0 Å². The van der Waals surface area contributed by atoms with Crippen LogP contribution in [0.25, 0.3) is 0 Å². The third-order valence-electron chi connectivity index (χ3n) is 4.32. The topological polar surface area (TPSA) is 20.3 Å². The van der Waals surface area contributed by atoms with Crippen molar-refractivity contribution in [1.82, 2.24) is 4.90 Å². The van der Waals surface area contributed by atoms with Crippen LogP contribution >= 0.6 is 11.6 Å². The number of carbonyl (C=O) groups is 1. The van der Waals surface area contributed by atoms with Gasteiger partial charge >= 0.3 is 0 Å². The van der Waals surface area contributed by atoms with E-state index in [0.29, 0.717) is 24.5 Å². The zero-order valence-electron chi connectivity index (χ0n) is 10.9. The van der Waals surface area contributed by atoms with E-state index >= 15 is 0 Å². The molecule has 1 aromatic carbocycles. The molecule has 2 unspecified atom stereocenters. The number of hydrogen-bond donors (Lipinski definition) is 0. The quantitative estimate of drug-likeness (QED) is 0.830. The van der Waals surface area contributed by atoms with Crippen LogP contribution in [0.1, 0.15) is 36.3 Å². The summed E-state index contributed by atoms with van der Waals surface area (Å²) in [5, 5.41) is 0.670. The van der Waals surface area contributed by atoms with Crippen molar-refractivity contribution in [3.8, 4) is 0 Å². The van der Waals surface area contributed by atoms with Gasteiger partial charge in [-0.3, -0.25) is 9.69 Å². The van der Waals surface area contributed by atoms with Gasteiger partial charge in [-0.15, -0.1) is 0 Å². The van der Waals surface area contributed by atoms with E-state index in [2.05, 4.69) is 4.90 Å². The number of ketones is 1. The molecule has 0 saturated carbocycles. The zero-order chi connectivity index (χ0) is 13.6. The number of Topliss-reactive ketones (excluding diaryl/α,β-unsaturated/α-hetero) is 1. The lowest BCUT2D eigenvalue weighted by molar-refractivity contribution is -0.121. The largest absolute Gasteiger partial charge is 0.299 e. The van der Waals surface area contributed by atoms with Crippen LogP contribution in [0.5, 0.6) is 0 Å². The van der Waals surface area contributed by atoms with Gasteiger partial charge in [-0.2, -0.15) is 0 Å². The number of hydrogen-bond acceptors (Lipinski definition) is 2. The highest BCUT2D eigenvalue weighted by molar-refractivity contribution is 6.30. The van der Waals surface area contributed by atoms with E-state index < -0.39 is 6.17 Å². The second-order valence-electron chi connectivity index (χ2n) is 5.60. The average Bonchev–Trinajstić information content (AvgIpc) is 2.88. The summed E-state index contributed by atoms with van der Waals surface area (Å²) in [6.45, 7) is 3.78. The third kappa shape index (κ3) is 2.30. The highest BCUT2D eigenvalue weighted by atomic mass is 35.5. The van der Waals surface area contributed by atoms with Crippen LogP contribution in [0.3, 0.4) is 0 Å². The SMILES string of the molecule is CC1C(=O)C(CN2CC[C@@H](F)C2)c2ccc(Cl)cc21. The molecule has 0 radical (unpaired) electrons. The predicted octanol–water partition coefficient (Wildman–Crippen LogP) is 3.15. The summed E-state index contributed by atoms with van der Waals surface area (Å²) in [6.07, 6.45) is -0.150. The maximum Gasteiger partial charge on any atom is 0.148 e. The van der Waals surface area contributed by atoms with Gasteiger partial charge in [0.1, 0.15) is 12.0 Å². The number of benzene rings is 1. The van der Waals surface area contributed by atoms with Crippen LogP contribution in [-0.4, -0.2) is 36.5 Å². The lowest BCUT2D eigenvalue weighted by atomic mass is 10.00. The van der Waals surface area contributed by atoms with Crippen molar-refractivity contribution in [2.45, 2.75) is 31.4 Å². The highest BCUT2D eigenvalue weighted by Crippen LogP contribution is 2.40. The standard InChI is InChI=1S/C15H17ClFNO/c1-9-13-6-10(16)2-3-12(13)14(15(9)19)8-18-5-4-11(17)7-18/h2-3,6,9,11,14H,4-5,7-8H2,1H3/t9?,11-,14?/m1/s1. The molecule has 0 bridgehead atoms. The van der Waals surface area contributed by atoms with Crippen LogP contribution < -0.4 is 0 Å². The molecule has 0 N–H and O–H groups in total. The summed E-state index contributed by atoms with van der Waals surface area (Å²) in [4.78, 5) is 14.4. The van der Waals surface area contributed by atoms with Gasteiger partial charge in [0.15, 0.2) is 0 Å². The maximum atomic E-state index is 13.2. The number of alkyl halides is 1. The van der Waals surface area contributed by atoms with Gasteiger partial charge in [0.25, 0.3) is 0 Å². The minimum Gasteiger partial charge on any atom is -0.299 e. The minimum absolute atomic E-state index is 0.0949. The Morgan fingerprint density at radius 2 is 2.21 bits per heavy atom. The van der Waals surface area contributed by atoms with E-state index in [-0.39, 0.29) is 17.6 Å². The number of likely N-dealkylation sites (tertiary alicyclic amines) is 1. The monoisotopic (exact) mass is 281 g/mol. The fraction of sp³-hybridized carbons (Fsp3) is 0.533. The number of halogens is 2. The molecule has 4 heteroatoms. The second kappa shape index (κ2) is 4.88. The molecule has 0 aromatic heterocycles. The first kappa shape index (κ1) is 13.1. The Kier molecular flexibility index (Phi) is 3.35. The number of rotatable bonds is 2. The Morgan fingerprint density at radius 1 is 1.42 bits per heavy atom. The summed E-state index contributed by atoms with van der Waals surface area (Å²) >= 11 is 6.00. The predicted molar refractivity (Wildman–Crippen MR) is 73.6 cm³/mol. The summed E-state index contributed by atoms with van der Waals surface area (Å²) < 4.78 is 13.2. The molecule has 102 valence electrons. The van der Waals surface area contributed by atoms with Gasteiger partial charge in [-0.1, -0.05) is 24.6 Å². The van der Waals surface area contributed by atoms with E-state index in [4.69, 9.17) is 11.6 Å². The molecule has 1 aromatic rings. The number of nitrogens with zero attached hydrogens (tertiary/aromatic N) is 1. The van der Waals surface area contributed by atoms with Gasteiger partial charge in [0.05, 0.1) is 5.92 Å². The van der Waals surface area contributed by atoms with E-state index in [1.165, 1.54) is 0 Å². The third-order valence-corrected chi connectivity index (χ3v) is 4.55. The average molecular weight is 282 g/mol. The van der Waals surface area contributed by atoms with Gasteiger partial charge in [0.2, 0.25) is 0 Å². The molecule has 0 spiro atoms. The molecule has 3 atom stereocenters. The fourth-order valence-electron chi connectivity index (χ4n) is 3.24. The molecule has 1 aliphatic heterocycles. The molecule has 2 aliphatic rings. The normalized spacial score (nSPS) is 30.9. The maximum absolute atomic E-state index is 13.2. The Bertz CT molecular complexity index is 519. The van der Waals surface area contributed by atoms with Crippen LogP contribution in [-0.2, 0) is 4.79 Å². The molecule has 1 saturated heterocycles. The van der Waals surface area contributed by atoms with Gasteiger partial charge < -0.3 is 0 Å². The van der Waals surface area contributed by atoms with Crippen LogP contribution in [0.2, 0.25) is 5.02 Å². The first-order chi connectivity index (χ1) is 9.06. The van der Waals surface area contributed by atoms with E-state index in [1.54, 1.807) is 0 Å². The van der Waals surface area contributed by atoms with Crippen molar-refractivity contribution in [3.05, 3.63) is 34.3 Å². The van der Waals surface area contributed by atoms with Crippen LogP contribution in [0.15, 0.2) is 18.2 Å². The summed E-state index contributed by atoms with van der Waals surface area (Å²) in [5.41, 5.74) is 2.11. The summed E-state index contributed by atoms with van der Waals surface area (Å²) in [6, 6.07) is 5.68. The smallest absolute Gasteiger partial charge is 0.148 e. The van der Waals surface area contributed by atoms with Gasteiger partial charge in [-0.25, -0.2) is 4.39 Å². The molecule has 1 fully saturated rings. The van der Waals surface area contributed by atoms with Crippen molar-refractivity contribution < 1.29 is 9.18 Å². The van der Waals surface area contributed by atoms with Gasteiger partial charge in [0, 0.05) is 30.6 Å². The van der Waals surface area contributed by atoms with Crippen molar-refractivity contribution in [2.75, 3.05) is 19.6 Å². The Morgan fingerprint density at radius 3 is 2.89 bits per heavy atom. The number of carbonyl (C=O) groups excluding carboxylic acids is 1. The molecular weight excluding hydrogens is 265 g/mol. The van der Waals surface area contributed by atoms with Crippen molar-refractivity contribution in [3.63, 3.8) is 0 Å². The zero-order valence-corrected chi connectivity index (χ0v) is 11.7. The van der Waals surface area contributed by atoms with E-state index in [0.717, 1.165) is 17.7 Å². The molecule has 2 nitrogen and oxygen atoms in total. The first-order valence-corrected chi connectivity index (χ1v) is 7.13. The van der Waals surface area contributed by atoms with Gasteiger partial charge in [-0.05, 0) is 29.7 Å². The molecule has 0 amide bonds. The lowest BCUT2D eigenvalue weighted by Gasteiger charge is -2.19. The Hall–Kier alpha value is -0.930. The molecule has 1 heterocycles. The van der Waals surface area contributed by atoms with Crippen LogP contribution in [0.4, 0.5) is 4.39 Å². The molecule has 1 aliphatic carbocycles. The minimum atomic E-state index is -0.737.